The van der Waals surface area contributed by atoms with Gasteiger partial charge in [0.2, 0.25) is 0 Å². The van der Waals surface area contributed by atoms with E-state index in [0.29, 0.717) is 33.1 Å². The number of aromatic nitrogens is 3. The molecule has 2 heterocycles. The number of aryl methyl sites for hydroxylation is 2. The topological polar surface area (TPSA) is 85.8 Å². The minimum Gasteiger partial charge on any atom is -0.383 e. The zero-order chi connectivity index (χ0) is 24.2. The van der Waals surface area contributed by atoms with Gasteiger partial charge in [0, 0.05) is 58.8 Å². The Labute approximate surface area is 201 Å². The maximum Gasteiger partial charge on any atom is 0.251 e. The highest BCUT2D eigenvalue weighted by atomic mass is 35.5. The molecule has 0 spiro atoms. The van der Waals surface area contributed by atoms with Crippen LogP contribution in [-0.4, -0.2) is 20.7 Å². The van der Waals surface area contributed by atoms with Crippen molar-refractivity contribution in [1.29, 1.82) is 0 Å². The summed E-state index contributed by atoms with van der Waals surface area (Å²) >= 11 is 5.78. The van der Waals surface area contributed by atoms with Crippen LogP contribution in [0.15, 0.2) is 61.1 Å². The second-order valence-corrected chi connectivity index (χ2v) is 8.19. The normalized spacial score (nSPS) is 10.5. The molecule has 2 aromatic carbocycles. The molecular weight excluding hydrogens is 453 g/mol. The first-order valence-electron chi connectivity index (χ1n) is 10.4. The Morgan fingerprint density at radius 3 is 2.65 bits per heavy atom. The predicted octanol–water partition coefficient (Wildman–Crippen LogP) is 4.50. The van der Waals surface area contributed by atoms with Gasteiger partial charge in [-0.1, -0.05) is 35.6 Å². The Hall–Kier alpha value is -4.15. The number of benzene rings is 2. The lowest BCUT2D eigenvalue weighted by Crippen LogP contribution is -2.23. The summed E-state index contributed by atoms with van der Waals surface area (Å²) in [5.41, 5.74) is 10.7. The van der Waals surface area contributed by atoms with Gasteiger partial charge in [-0.2, -0.15) is 5.10 Å². The van der Waals surface area contributed by atoms with Crippen molar-refractivity contribution in [1.82, 2.24) is 20.1 Å². The Morgan fingerprint density at radius 1 is 1.12 bits per heavy atom. The number of nitrogens with one attached hydrogen (secondary N) is 1. The molecule has 4 rings (SSSR count). The average Bonchev–Trinajstić information content (AvgIpc) is 3.25. The monoisotopic (exact) mass is 473 g/mol. The van der Waals surface area contributed by atoms with Crippen molar-refractivity contribution in [3.8, 4) is 23.0 Å². The third-order valence-corrected chi connectivity index (χ3v) is 5.48. The lowest BCUT2D eigenvalue weighted by atomic mass is 10.0. The maximum absolute atomic E-state index is 14.0. The van der Waals surface area contributed by atoms with Crippen molar-refractivity contribution in [3.63, 3.8) is 0 Å². The number of rotatable bonds is 4. The van der Waals surface area contributed by atoms with E-state index in [1.165, 1.54) is 6.07 Å². The summed E-state index contributed by atoms with van der Waals surface area (Å²) in [6.07, 6.45) is 5.30. The van der Waals surface area contributed by atoms with Crippen LogP contribution in [0.1, 0.15) is 32.6 Å². The fourth-order valence-corrected chi connectivity index (χ4v) is 3.44. The molecule has 4 aromatic rings. The van der Waals surface area contributed by atoms with Gasteiger partial charge in [0.1, 0.15) is 11.6 Å². The standard InChI is InChI=1S/C26H21ClFN5O/c1-16-3-4-19(26(34)31-12-20-7-8-23(27)11-24(20)28)9-17(16)5-6-18-10-21(13-30-25(18)29)22-14-32-33(2)15-22/h3-4,7-11,13-15H,12H2,1-2H3,(H2,29,30)(H,31,34). The molecule has 0 aliphatic carbocycles. The van der Waals surface area contributed by atoms with Gasteiger partial charge < -0.3 is 11.1 Å². The summed E-state index contributed by atoms with van der Waals surface area (Å²) in [6.45, 7) is 1.95. The van der Waals surface area contributed by atoms with Gasteiger partial charge in [0.25, 0.3) is 5.91 Å². The lowest BCUT2D eigenvalue weighted by Gasteiger charge is -2.08. The van der Waals surface area contributed by atoms with E-state index < -0.39 is 5.82 Å². The largest absolute Gasteiger partial charge is 0.383 e. The van der Waals surface area contributed by atoms with Crippen LogP contribution in [0.5, 0.6) is 0 Å². The summed E-state index contributed by atoms with van der Waals surface area (Å²) < 4.78 is 15.7. The van der Waals surface area contributed by atoms with Crippen LogP contribution in [0.25, 0.3) is 11.1 Å². The average molecular weight is 474 g/mol. The van der Waals surface area contributed by atoms with Crippen LogP contribution in [0.4, 0.5) is 10.2 Å². The quantitative estimate of drug-likeness (QED) is 0.427. The van der Waals surface area contributed by atoms with Crippen molar-refractivity contribution in [3.05, 3.63) is 99.7 Å². The number of nitrogen functional groups attached to an aromatic ring is 1. The van der Waals surface area contributed by atoms with Crippen molar-refractivity contribution in [2.45, 2.75) is 13.5 Å². The Bertz CT molecular complexity index is 1450. The van der Waals surface area contributed by atoms with Gasteiger partial charge in [-0.05, 0) is 42.8 Å². The third kappa shape index (κ3) is 5.25. The Morgan fingerprint density at radius 2 is 1.91 bits per heavy atom. The van der Waals surface area contributed by atoms with Crippen LogP contribution in [-0.2, 0) is 13.6 Å². The molecule has 0 aliphatic heterocycles. The van der Waals surface area contributed by atoms with E-state index in [9.17, 15) is 9.18 Å². The van der Waals surface area contributed by atoms with Crippen molar-refractivity contribution < 1.29 is 9.18 Å². The van der Waals surface area contributed by atoms with Crippen LogP contribution >= 0.6 is 11.6 Å². The van der Waals surface area contributed by atoms with E-state index >= 15 is 0 Å². The minimum absolute atomic E-state index is 0.0417. The molecule has 0 atom stereocenters. The second kappa shape index (κ2) is 9.77. The molecule has 0 bridgehead atoms. The Balaban J connectivity index is 1.55. The van der Waals surface area contributed by atoms with Crippen LogP contribution < -0.4 is 11.1 Å². The molecule has 0 saturated heterocycles. The zero-order valence-corrected chi connectivity index (χ0v) is 19.3. The number of nitrogens with zero attached hydrogens (tertiary/aromatic N) is 3. The summed E-state index contributed by atoms with van der Waals surface area (Å²) in [5, 5.41) is 7.20. The van der Waals surface area contributed by atoms with Gasteiger partial charge in [-0.3, -0.25) is 9.48 Å². The second-order valence-electron chi connectivity index (χ2n) is 7.76. The summed E-state index contributed by atoms with van der Waals surface area (Å²) in [4.78, 5) is 16.9. The molecule has 34 heavy (non-hydrogen) atoms. The first-order chi connectivity index (χ1) is 16.3. The SMILES string of the molecule is Cc1ccc(C(=O)NCc2ccc(Cl)cc2F)cc1C#Cc1cc(-c2cnn(C)c2)cnc1N. The number of hydrogen-bond acceptors (Lipinski definition) is 4. The molecule has 6 nitrogen and oxygen atoms in total. The van der Waals surface area contributed by atoms with E-state index in [1.807, 2.05) is 32.3 Å². The van der Waals surface area contributed by atoms with Crippen LogP contribution in [0, 0.1) is 24.6 Å². The number of halogens is 2. The van der Waals surface area contributed by atoms with E-state index in [4.69, 9.17) is 17.3 Å². The zero-order valence-electron chi connectivity index (χ0n) is 18.6. The maximum atomic E-state index is 14.0. The first-order valence-corrected chi connectivity index (χ1v) is 10.8. The molecule has 0 aliphatic rings. The number of nitrogens with two attached hydrogens (primary N) is 1. The first kappa shape index (κ1) is 23.0. The minimum atomic E-state index is -0.469. The molecule has 0 radical (unpaired) electrons. The van der Waals surface area contributed by atoms with Gasteiger partial charge >= 0.3 is 0 Å². The lowest BCUT2D eigenvalue weighted by molar-refractivity contribution is 0.0950. The van der Waals surface area contributed by atoms with Crippen molar-refractivity contribution in [2.24, 2.45) is 7.05 Å². The predicted molar refractivity (Wildman–Crippen MR) is 131 cm³/mol. The van der Waals surface area contributed by atoms with Gasteiger partial charge in [0.15, 0.2) is 0 Å². The number of amides is 1. The van der Waals surface area contributed by atoms with E-state index in [2.05, 4.69) is 27.2 Å². The van der Waals surface area contributed by atoms with Gasteiger partial charge in [-0.15, -0.1) is 0 Å². The molecule has 0 fully saturated rings. The van der Waals surface area contributed by atoms with E-state index in [-0.39, 0.29) is 12.5 Å². The van der Waals surface area contributed by atoms with Crippen molar-refractivity contribution >= 4 is 23.3 Å². The molecule has 8 heteroatoms. The van der Waals surface area contributed by atoms with E-state index in [0.717, 1.165) is 16.7 Å². The van der Waals surface area contributed by atoms with Gasteiger partial charge in [0.05, 0.1) is 11.8 Å². The highest BCUT2D eigenvalue weighted by molar-refractivity contribution is 6.30. The number of anilines is 1. The fraction of sp³-hybridized carbons (Fsp3) is 0.115. The molecule has 0 unspecified atom stereocenters. The third-order valence-electron chi connectivity index (χ3n) is 5.24. The number of hydrogen-bond donors (Lipinski definition) is 2. The highest BCUT2D eigenvalue weighted by Crippen LogP contribution is 2.21. The Kier molecular flexibility index (Phi) is 6.62. The molecule has 170 valence electrons. The molecular formula is C26H21ClFN5O. The molecule has 1 amide bonds. The smallest absolute Gasteiger partial charge is 0.251 e. The summed E-state index contributed by atoms with van der Waals surface area (Å²) in [5.74, 6) is 5.67. The fourth-order valence-electron chi connectivity index (χ4n) is 3.28. The highest BCUT2D eigenvalue weighted by Gasteiger charge is 2.10. The van der Waals surface area contributed by atoms with E-state index in [1.54, 1.807) is 41.3 Å². The number of carbonyl (C=O) groups is 1. The van der Waals surface area contributed by atoms with Crippen LogP contribution in [0.2, 0.25) is 5.02 Å². The summed E-state index contributed by atoms with van der Waals surface area (Å²) in [7, 11) is 1.84. The van der Waals surface area contributed by atoms with Gasteiger partial charge in [-0.25, -0.2) is 9.37 Å². The van der Waals surface area contributed by atoms with Crippen molar-refractivity contribution in [2.75, 3.05) is 5.73 Å². The number of pyridine rings is 1. The summed E-state index contributed by atoms with van der Waals surface area (Å²) in [6, 6.07) is 11.4. The molecule has 3 N–H and O–H groups in total. The number of carbonyl (C=O) groups excluding carboxylic acids is 1. The molecule has 0 saturated carbocycles. The molecule has 2 aromatic heterocycles. The van der Waals surface area contributed by atoms with Crippen LogP contribution in [0.3, 0.4) is 0 Å².